The summed E-state index contributed by atoms with van der Waals surface area (Å²) in [5, 5.41) is 7.13. The number of hydrogen-bond acceptors (Lipinski definition) is 2. The van der Waals surface area contributed by atoms with Crippen LogP contribution in [0.25, 0.3) is 0 Å². The molecule has 90 valence electrons. The summed E-state index contributed by atoms with van der Waals surface area (Å²) in [6.07, 6.45) is 4.76. The lowest BCUT2D eigenvalue weighted by molar-refractivity contribution is 0.297. The van der Waals surface area contributed by atoms with E-state index in [4.69, 9.17) is 0 Å². The maximum Gasteiger partial charge on any atom is 0.0771 e. The summed E-state index contributed by atoms with van der Waals surface area (Å²) in [5.74, 6) is 0. The Morgan fingerprint density at radius 1 is 1.00 bits per heavy atom. The summed E-state index contributed by atoms with van der Waals surface area (Å²) >= 11 is 0. The molecule has 0 amide bonds. The van der Waals surface area contributed by atoms with Crippen molar-refractivity contribution in [2.24, 2.45) is 0 Å². The first-order valence-electron chi connectivity index (χ1n) is 5.86. The van der Waals surface area contributed by atoms with Gasteiger partial charge in [-0.2, -0.15) is 0 Å². The van der Waals surface area contributed by atoms with Crippen molar-refractivity contribution in [3.05, 3.63) is 12.2 Å². The van der Waals surface area contributed by atoms with Crippen molar-refractivity contribution < 1.29 is 0 Å². The molecule has 0 saturated heterocycles. The third-order valence-electron chi connectivity index (χ3n) is 1.74. The minimum Gasteiger partial charge on any atom is -0.294 e. The third kappa shape index (κ3) is 10.2. The van der Waals surface area contributed by atoms with Crippen molar-refractivity contribution in [2.75, 3.05) is 0 Å². The van der Waals surface area contributed by atoms with Gasteiger partial charge in [0.15, 0.2) is 0 Å². The molecular weight excluding hydrogens is 200 g/mol. The molecule has 3 heteroatoms. The molecule has 0 heterocycles. The molecule has 0 atom stereocenters. The second-order valence-corrected chi connectivity index (χ2v) is 6.92. The van der Waals surface area contributed by atoms with E-state index in [1.54, 1.807) is 0 Å². The van der Waals surface area contributed by atoms with E-state index in [1.165, 1.54) is 16.3 Å². The van der Waals surface area contributed by atoms with Crippen LogP contribution in [-0.4, -0.2) is 27.5 Å². The number of allylic oxidation sites excluding steroid dienone is 1. The van der Waals surface area contributed by atoms with Crippen LogP contribution >= 0.6 is 0 Å². The number of nitrogens with one attached hydrogen (secondary N) is 2. The lowest BCUT2D eigenvalue weighted by atomic mass is 10.1. The topological polar surface area (TPSA) is 24.1 Å². The van der Waals surface area contributed by atoms with E-state index in [9.17, 15) is 0 Å². The molecule has 0 aromatic heterocycles. The normalized spacial score (nSPS) is 14.3. The van der Waals surface area contributed by atoms with Gasteiger partial charge in [-0.1, -0.05) is 12.2 Å². The van der Waals surface area contributed by atoms with Crippen LogP contribution in [0.3, 0.4) is 0 Å². The van der Waals surface area contributed by atoms with E-state index in [-0.39, 0.29) is 17.2 Å². The van der Waals surface area contributed by atoms with Crippen molar-refractivity contribution >= 4 is 10.2 Å². The molecule has 0 aromatic carbocycles. The Labute approximate surface area is 98.3 Å². The quantitative estimate of drug-likeness (QED) is 0.432. The van der Waals surface area contributed by atoms with Gasteiger partial charge in [-0.15, -0.1) is 0 Å². The van der Waals surface area contributed by atoms with E-state index < -0.39 is 0 Å². The average Bonchev–Trinajstić information content (AvgIpc) is 1.94. The van der Waals surface area contributed by atoms with Gasteiger partial charge in [0, 0.05) is 21.3 Å². The fraction of sp³-hybridized carbons (Fsp3) is 0.833. The van der Waals surface area contributed by atoms with Gasteiger partial charge in [0.2, 0.25) is 0 Å². The molecule has 0 fully saturated rings. The Morgan fingerprint density at radius 3 is 1.67 bits per heavy atom. The molecule has 0 aliphatic rings. The first-order chi connectivity index (χ1) is 6.64. The van der Waals surface area contributed by atoms with Gasteiger partial charge in [0.1, 0.15) is 0 Å². The van der Waals surface area contributed by atoms with E-state index in [0.717, 1.165) is 0 Å². The molecule has 0 unspecified atom stereocenters. The lowest BCUT2D eigenvalue weighted by Gasteiger charge is -2.32. The molecule has 2 N–H and O–H groups in total. The third-order valence-corrected chi connectivity index (χ3v) is 2.21. The fourth-order valence-electron chi connectivity index (χ4n) is 1.34. The van der Waals surface area contributed by atoms with Crippen LogP contribution < -0.4 is 10.6 Å². The molecule has 15 heavy (non-hydrogen) atoms. The smallest absolute Gasteiger partial charge is 0.0771 e. The van der Waals surface area contributed by atoms with Gasteiger partial charge in [0.25, 0.3) is 0 Å². The predicted molar refractivity (Wildman–Crippen MR) is 73.5 cm³/mol. The van der Waals surface area contributed by atoms with Crippen LogP contribution in [0.4, 0.5) is 0 Å². The summed E-state index contributed by atoms with van der Waals surface area (Å²) < 4.78 is 0. The zero-order valence-corrected chi connectivity index (χ0v) is 13.4. The molecule has 0 rings (SSSR count). The van der Waals surface area contributed by atoms with Gasteiger partial charge in [0.05, 0.1) is 6.17 Å². The van der Waals surface area contributed by atoms with Gasteiger partial charge >= 0.3 is 0 Å². The molecular formula is C12H28N2Si. The van der Waals surface area contributed by atoms with Gasteiger partial charge in [-0.25, -0.2) is 0 Å². The Hall–Kier alpha value is -0.123. The van der Waals surface area contributed by atoms with Crippen molar-refractivity contribution in [2.45, 2.75) is 64.8 Å². The highest BCUT2D eigenvalue weighted by Crippen LogP contribution is 2.06. The van der Waals surface area contributed by atoms with Crippen LogP contribution in [0.2, 0.25) is 6.04 Å². The first-order valence-corrected chi connectivity index (χ1v) is 7.27. The Bertz CT molecular complexity index is 183. The minimum atomic E-state index is 0.137. The van der Waals surface area contributed by atoms with Crippen LogP contribution in [0.1, 0.15) is 41.5 Å². The standard InChI is InChI=1S/C12H28N2Si/c1-11(2,3)13-10(8-7-9-15)14-12(4,5)6/h7-8,10,13-14H,9H2,1-6,15H3. The Balaban J connectivity index is 4.39. The molecule has 0 aliphatic carbocycles. The highest BCUT2D eigenvalue weighted by atomic mass is 28.1. The molecule has 0 spiro atoms. The Morgan fingerprint density at radius 2 is 1.40 bits per heavy atom. The monoisotopic (exact) mass is 228 g/mol. The highest BCUT2D eigenvalue weighted by molar-refractivity contribution is 6.09. The SMILES string of the molecule is CC(C)(C)NC(C=CC[SiH3])NC(C)(C)C. The van der Waals surface area contributed by atoms with Crippen molar-refractivity contribution in [3.63, 3.8) is 0 Å². The first kappa shape index (κ1) is 14.9. The fourth-order valence-corrected chi connectivity index (χ4v) is 1.61. The summed E-state index contributed by atoms with van der Waals surface area (Å²) in [5.41, 5.74) is 0.275. The summed E-state index contributed by atoms with van der Waals surface area (Å²) in [6.45, 7) is 13.2. The van der Waals surface area contributed by atoms with Crippen LogP contribution in [0.5, 0.6) is 0 Å². The van der Waals surface area contributed by atoms with Gasteiger partial charge < -0.3 is 0 Å². The van der Waals surface area contributed by atoms with Crippen molar-refractivity contribution in [1.82, 2.24) is 10.6 Å². The molecule has 0 saturated carbocycles. The molecule has 0 aromatic rings. The summed E-state index contributed by atoms with van der Waals surface area (Å²) in [4.78, 5) is 0. The van der Waals surface area contributed by atoms with Crippen molar-refractivity contribution in [1.29, 1.82) is 0 Å². The second kappa shape index (κ2) is 5.82. The zero-order valence-electron chi connectivity index (χ0n) is 11.4. The maximum atomic E-state index is 3.57. The molecule has 0 bridgehead atoms. The van der Waals surface area contributed by atoms with Gasteiger partial charge in [-0.3, -0.25) is 10.6 Å². The summed E-state index contributed by atoms with van der Waals surface area (Å²) in [6, 6.07) is 1.22. The number of rotatable bonds is 4. The van der Waals surface area contributed by atoms with Crippen molar-refractivity contribution in [3.8, 4) is 0 Å². The maximum absolute atomic E-state index is 3.57. The zero-order chi connectivity index (χ0) is 12.1. The summed E-state index contributed by atoms with van der Waals surface area (Å²) in [7, 11) is 1.24. The lowest BCUT2D eigenvalue weighted by Crippen LogP contribution is -2.55. The van der Waals surface area contributed by atoms with E-state index in [2.05, 4.69) is 64.3 Å². The molecule has 0 radical (unpaired) electrons. The van der Waals surface area contributed by atoms with Crippen LogP contribution in [-0.2, 0) is 0 Å². The highest BCUT2D eigenvalue weighted by Gasteiger charge is 2.19. The van der Waals surface area contributed by atoms with E-state index in [1.807, 2.05) is 0 Å². The minimum absolute atomic E-state index is 0.137. The van der Waals surface area contributed by atoms with Gasteiger partial charge in [-0.05, 0) is 47.6 Å². The molecule has 2 nitrogen and oxygen atoms in total. The molecule has 0 aliphatic heterocycles. The average molecular weight is 228 g/mol. The predicted octanol–water partition coefficient (Wildman–Crippen LogP) is 1.43. The van der Waals surface area contributed by atoms with E-state index in [0.29, 0.717) is 0 Å². The largest absolute Gasteiger partial charge is 0.294 e. The van der Waals surface area contributed by atoms with Crippen LogP contribution in [0, 0.1) is 0 Å². The van der Waals surface area contributed by atoms with Crippen LogP contribution in [0.15, 0.2) is 12.2 Å². The van der Waals surface area contributed by atoms with E-state index >= 15 is 0 Å². The number of hydrogen-bond donors (Lipinski definition) is 2. The second-order valence-electron chi connectivity index (χ2n) is 6.10. The Kier molecular flexibility index (Phi) is 5.78.